The van der Waals surface area contributed by atoms with Crippen LogP contribution in [-0.2, 0) is 11.2 Å². The number of rotatable bonds is 8. The maximum absolute atomic E-state index is 13.1. The highest BCUT2D eigenvalue weighted by atomic mass is 16.5. The number of primary amides is 1. The van der Waals surface area contributed by atoms with Crippen molar-refractivity contribution in [2.75, 3.05) is 71.2 Å². The van der Waals surface area contributed by atoms with E-state index in [2.05, 4.69) is 4.90 Å². The Morgan fingerprint density at radius 3 is 2.57 bits per heavy atom. The number of nitrogens with zero attached hydrogens (tertiary/aromatic N) is 3. The fraction of sp³-hybridized carbons (Fsp3) is 0.500. The normalized spacial score (nSPS) is 19.0. The fourth-order valence-corrected chi connectivity index (χ4v) is 5.28. The van der Waals surface area contributed by atoms with Crippen molar-refractivity contribution in [3.63, 3.8) is 0 Å². The smallest absolute Gasteiger partial charge is 0.253 e. The van der Waals surface area contributed by atoms with E-state index in [-0.39, 0.29) is 12.0 Å². The number of nitrogens with two attached hydrogens (primary N) is 2. The quantitative estimate of drug-likeness (QED) is 0.525. The van der Waals surface area contributed by atoms with Crippen LogP contribution in [0.4, 0.5) is 11.4 Å². The summed E-state index contributed by atoms with van der Waals surface area (Å²) in [6.45, 7) is 4.89. The van der Waals surface area contributed by atoms with E-state index in [9.17, 15) is 9.59 Å². The molecule has 1 unspecified atom stereocenters. The molecule has 2 aliphatic rings. The van der Waals surface area contributed by atoms with Gasteiger partial charge in [0, 0.05) is 76.2 Å². The van der Waals surface area contributed by atoms with Crippen molar-refractivity contribution in [2.24, 2.45) is 11.7 Å². The topological polar surface area (TPSA) is 114 Å². The van der Waals surface area contributed by atoms with Gasteiger partial charge in [-0.25, -0.2) is 0 Å². The first-order valence-electron chi connectivity index (χ1n) is 12.9. The Kier molecular flexibility index (Phi) is 8.56. The van der Waals surface area contributed by atoms with Gasteiger partial charge in [-0.15, -0.1) is 0 Å². The van der Waals surface area contributed by atoms with E-state index in [1.807, 2.05) is 48.2 Å². The predicted octanol–water partition coefficient (Wildman–Crippen LogP) is 2.24. The van der Waals surface area contributed by atoms with Crippen LogP contribution in [0.5, 0.6) is 5.75 Å². The maximum Gasteiger partial charge on any atom is 0.253 e. The average Bonchev–Trinajstić information content (AvgIpc) is 2.89. The molecule has 4 N–H and O–H groups in total. The van der Waals surface area contributed by atoms with Crippen LogP contribution in [0.2, 0.25) is 0 Å². The third-order valence-electron chi connectivity index (χ3n) is 7.42. The molecule has 2 aromatic rings. The second-order valence-corrected chi connectivity index (χ2v) is 10.3. The van der Waals surface area contributed by atoms with Crippen molar-refractivity contribution < 1.29 is 19.1 Å². The van der Waals surface area contributed by atoms with Crippen LogP contribution in [0.3, 0.4) is 0 Å². The van der Waals surface area contributed by atoms with Crippen molar-refractivity contribution in [3.05, 3.63) is 53.1 Å². The summed E-state index contributed by atoms with van der Waals surface area (Å²) in [6.07, 6.45) is 2.57. The molecule has 0 radical (unpaired) electrons. The number of ether oxygens (including phenoxy) is 2. The fourth-order valence-electron chi connectivity index (χ4n) is 5.28. The van der Waals surface area contributed by atoms with E-state index in [1.165, 1.54) is 7.11 Å². The summed E-state index contributed by atoms with van der Waals surface area (Å²) in [5.41, 5.74) is 15.3. The van der Waals surface area contributed by atoms with Gasteiger partial charge in [0.05, 0.1) is 25.4 Å². The molecule has 2 saturated heterocycles. The Bertz CT molecular complexity index is 1110. The Labute approximate surface area is 219 Å². The molecule has 37 heavy (non-hydrogen) atoms. The zero-order valence-corrected chi connectivity index (χ0v) is 22.1. The van der Waals surface area contributed by atoms with Gasteiger partial charge in [-0.3, -0.25) is 14.5 Å². The lowest BCUT2D eigenvalue weighted by Gasteiger charge is -2.38. The lowest BCUT2D eigenvalue weighted by molar-refractivity contribution is -0.0344. The van der Waals surface area contributed by atoms with Gasteiger partial charge in [0.25, 0.3) is 11.8 Å². The van der Waals surface area contributed by atoms with Crippen LogP contribution in [0, 0.1) is 5.92 Å². The molecular formula is C28H39N5O4. The Hall–Kier alpha value is -3.30. The number of methoxy groups -OCH3 is 1. The highest BCUT2D eigenvalue weighted by molar-refractivity contribution is 5.96. The number of hydrogen-bond donors (Lipinski definition) is 2. The van der Waals surface area contributed by atoms with E-state index in [0.717, 1.165) is 62.4 Å². The molecule has 0 aliphatic carbocycles. The standard InChI is InChI=1S/C28H39N5O4/c1-31(2)22-6-4-5-20(13-22)28(35)33-9-7-19(8-10-33)17-32-11-12-37-23(18-32)14-21-15-24(27(30)34)26(36-3)16-25(21)29/h4-6,13,15-16,19,23H,7-12,14,17-18,29H2,1-3H3,(H2,30,34). The summed E-state index contributed by atoms with van der Waals surface area (Å²) in [6, 6.07) is 11.2. The summed E-state index contributed by atoms with van der Waals surface area (Å²) in [5.74, 6) is 0.499. The van der Waals surface area contributed by atoms with Gasteiger partial charge in [0.2, 0.25) is 0 Å². The Morgan fingerprint density at radius 2 is 1.89 bits per heavy atom. The monoisotopic (exact) mass is 509 g/mol. The molecule has 2 fully saturated rings. The van der Waals surface area contributed by atoms with Gasteiger partial charge in [0.15, 0.2) is 0 Å². The number of morpholine rings is 1. The van der Waals surface area contributed by atoms with Gasteiger partial charge in [0.1, 0.15) is 5.75 Å². The van der Waals surface area contributed by atoms with E-state index in [1.54, 1.807) is 12.1 Å². The molecule has 1 atom stereocenters. The molecule has 200 valence electrons. The number of benzene rings is 2. The number of carbonyl (C=O) groups is 2. The molecule has 0 spiro atoms. The van der Waals surface area contributed by atoms with Crippen LogP contribution in [0.1, 0.15) is 39.1 Å². The summed E-state index contributed by atoms with van der Waals surface area (Å²) in [5, 5.41) is 0. The number of hydrogen-bond acceptors (Lipinski definition) is 7. The zero-order chi connectivity index (χ0) is 26.5. The van der Waals surface area contributed by atoms with Crippen molar-refractivity contribution in [1.82, 2.24) is 9.80 Å². The molecule has 0 aromatic heterocycles. The van der Waals surface area contributed by atoms with Crippen LogP contribution in [0.25, 0.3) is 0 Å². The van der Waals surface area contributed by atoms with Crippen molar-refractivity contribution in [3.8, 4) is 5.75 Å². The van der Waals surface area contributed by atoms with E-state index in [4.69, 9.17) is 20.9 Å². The number of carbonyl (C=O) groups excluding carboxylic acids is 2. The third kappa shape index (κ3) is 6.53. The number of likely N-dealkylation sites (tertiary alicyclic amines) is 1. The molecule has 2 heterocycles. The van der Waals surface area contributed by atoms with Gasteiger partial charge < -0.3 is 30.7 Å². The minimum absolute atomic E-state index is 0.0178. The van der Waals surface area contributed by atoms with Crippen molar-refractivity contribution in [1.29, 1.82) is 0 Å². The number of piperidine rings is 1. The zero-order valence-electron chi connectivity index (χ0n) is 22.1. The number of anilines is 2. The number of amides is 2. The molecule has 9 heteroatoms. The van der Waals surface area contributed by atoms with E-state index >= 15 is 0 Å². The highest BCUT2D eigenvalue weighted by Gasteiger charge is 2.28. The van der Waals surface area contributed by atoms with Gasteiger partial charge in [-0.2, -0.15) is 0 Å². The van der Waals surface area contributed by atoms with Crippen LogP contribution >= 0.6 is 0 Å². The molecule has 9 nitrogen and oxygen atoms in total. The summed E-state index contributed by atoms with van der Waals surface area (Å²) < 4.78 is 11.3. The second kappa shape index (κ2) is 11.8. The molecule has 0 saturated carbocycles. The first kappa shape index (κ1) is 26.8. The minimum Gasteiger partial charge on any atom is -0.496 e. The minimum atomic E-state index is -0.542. The second-order valence-electron chi connectivity index (χ2n) is 10.3. The largest absolute Gasteiger partial charge is 0.496 e. The lowest BCUT2D eigenvalue weighted by atomic mass is 9.95. The van der Waals surface area contributed by atoms with Gasteiger partial charge >= 0.3 is 0 Å². The van der Waals surface area contributed by atoms with Gasteiger partial charge in [-0.1, -0.05) is 6.07 Å². The molecule has 4 rings (SSSR count). The van der Waals surface area contributed by atoms with Crippen LogP contribution in [-0.4, -0.2) is 88.3 Å². The predicted molar refractivity (Wildman–Crippen MR) is 145 cm³/mol. The molecule has 2 amide bonds. The lowest BCUT2D eigenvalue weighted by Crippen LogP contribution is -2.47. The van der Waals surface area contributed by atoms with E-state index in [0.29, 0.717) is 35.9 Å². The van der Waals surface area contributed by atoms with E-state index < -0.39 is 5.91 Å². The summed E-state index contributed by atoms with van der Waals surface area (Å²) in [4.78, 5) is 31.3. The average molecular weight is 510 g/mol. The van der Waals surface area contributed by atoms with Crippen molar-refractivity contribution in [2.45, 2.75) is 25.4 Å². The van der Waals surface area contributed by atoms with Crippen molar-refractivity contribution >= 4 is 23.2 Å². The SMILES string of the molecule is COc1cc(N)c(CC2CN(CC3CCN(C(=O)c4cccc(N(C)C)c4)CC3)CCO2)cc1C(N)=O. The Balaban J connectivity index is 1.30. The Morgan fingerprint density at radius 1 is 1.14 bits per heavy atom. The number of nitrogen functional groups attached to an aromatic ring is 1. The first-order valence-corrected chi connectivity index (χ1v) is 12.9. The highest BCUT2D eigenvalue weighted by Crippen LogP contribution is 2.28. The van der Waals surface area contributed by atoms with Crippen LogP contribution in [0.15, 0.2) is 36.4 Å². The summed E-state index contributed by atoms with van der Waals surface area (Å²) in [7, 11) is 5.46. The van der Waals surface area contributed by atoms with Crippen LogP contribution < -0.4 is 21.1 Å². The molecule has 2 aliphatic heterocycles. The maximum atomic E-state index is 13.1. The summed E-state index contributed by atoms with van der Waals surface area (Å²) >= 11 is 0. The third-order valence-corrected chi connectivity index (χ3v) is 7.42. The molecule has 0 bridgehead atoms. The molecule has 2 aromatic carbocycles. The first-order chi connectivity index (χ1) is 17.7. The molecular weight excluding hydrogens is 470 g/mol. The van der Waals surface area contributed by atoms with Gasteiger partial charge in [-0.05, 0) is 48.6 Å².